The molecule has 0 aliphatic carbocycles. The van der Waals surface area contributed by atoms with Gasteiger partial charge in [-0.05, 0) is 85.7 Å². The monoisotopic (exact) mass is 705 g/mol. The highest BCUT2D eigenvalue weighted by molar-refractivity contribution is 5.90. The molecule has 7 rings (SSSR count). The number of nitrogens with zero attached hydrogens (tertiary/aromatic N) is 5. The van der Waals surface area contributed by atoms with Crippen LogP contribution in [0.5, 0.6) is 0 Å². The Kier molecular flexibility index (Phi) is 10.7. The lowest BCUT2D eigenvalue weighted by Crippen LogP contribution is -2.39. The third-order valence-corrected chi connectivity index (χ3v) is 11.2. The van der Waals surface area contributed by atoms with E-state index in [0.29, 0.717) is 69.2 Å². The van der Waals surface area contributed by atoms with E-state index in [9.17, 15) is 19.2 Å². The predicted molar refractivity (Wildman–Crippen MR) is 206 cm³/mol. The normalized spacial score (nSPS) is 16.4. The number of aromatic amines is 2. The van der Waals surface area contributed by atoms with Gasteiger partial charge in [0.2, 0.25) is 11.8 Å². The Balaban J connectivity index is 0.947. The summed E-state index contributed by atoms with van der Waals surface area (Å²) in [7, 11) is 6.25. The van der Waals surface area contributed by atoms with Crippen LogP contribution in [0.2, 0.25) is 0 Å². The quantitative estimate of drug-likeness (QED) is 0.245. The molecule has 0 unspecified atom stereocenters. The Morgan fingerprint density at radius 3 is 2.00 bits per heavy atom. The molecule has 5 heterocycles. The average Bonchev–Trinajstić information content (AvgIpc) is 3.16. The van der Waals surface area contributed by atoms with Gasteiger partial charge in [0.05, 0.1) is 0 Å². The van der Waals surface area contributed by atoms with Crippen molar-refractivity contribution >= 4 is 38.9 Å². The second kappa shape index (κ2) is 15.6. The van der Waals surface area contributed by atoms with E-state index in [-0.39, 0.29) is 22.9 Å². The number of benzene rings is 2. The molecule has 0 bridgehead atoms. The van der Waals surface area contributed by atoms with Gasteiger partial charge in [0.25, 0.3) is 11.1 Å². The van der Waals surface area contributed by atoms with Crippen LogP contribution in [0.3, 0.4) is 0 Å². The average molecular weight is 706 g/mol. The number of fused-ring (bicyclic) bond motifs is 6. The van der Waals surface area contributed by atoms with Crippen molar-refractivity contribution in [3.8, 4) is 0 Å². The molecule has 3 aliphatic rings. The highest BCUT2D eigenvalue weighted by atomic mass is 16.2. The topological polar surface area (TPSA) is 116 Å². The number of carbonyl (C=O) groups excluding carboxylic acids is 2. The number of aromatic nitrogens is 2. The number of H-pyrrole nitrogens is 2. The van der Waals surface area contributed by atoms with Gasteiger partial charge < -0.3 is 29.6 Å². The SMILES string of the molecule is CN(C)CCN(C)CCCC(=O)N1CCc2[nH]c(=O)c3cc(C4=CCN(CCC(=O)N5CCc6[nH]c(=O)c7ccccc7c6C5)CC4)ccc3c2C1. The van der Waals surface area contributed by atoms with E-state index < -0.39 is 0 Å². The van der Waals surface area contributed by atoms with Crippen LogP contribution < -0.4 is 11.1 Å². The minimum Gasteiger partial charge on any atom is -0.338 e. The fraction of sp³-hybridized carbons (Fsp3) is 0.463. The summed E-state index contributed by atoms with van der Waals surface area (Å²) < 4.78 is 0. The number of hydrogen-bond acceptors (Lipinski definition) is 7. The summed E-state index contributed by atoms with van der Waals surface area (Å²) in [5.41, 5.74) is 6.10. The Labute approximate surface area is 304 Å². The molecule has 0 fully saturated rings. The molecule has 11 nitrogen and oxygen atoms in total. The Hall–Kier alpha value is -4.58. The van der Waals surface area contributed by atoms with Crippen molar-refractivity contribution in [1.29, 1.82) is 0 Å². The second-order valence-electron chi connectivity index (χ2n) is 15.0. The molecule has 2 N–H and O–H groups in total. The number of amides is 2. The summed E-state index contributed by atoms with van der Waals surface area (Å²) >= 11 is 0. The van der Waals surface area contributed by atoms with Gasteiger partial charge in [-0.25, -0.2) is 0 Å². The number of carbonyl (C=O) groups is 2. The lowest BCUT2D eigenvalue weighted by molar-refractivity contribution is -0.133. The number of nitrogens with one attached hydrogen (secondary N) is 2. The zero-order chi connectivity index (χ0) is 36.4. The molecular weight excluding hydrogens is 654 g/mol. The van der Waals surface area contributed by atoms with Crippen LogP contribution in [0.1, 0.15) is 53.8 Å². The standard InChI is InChI=1S/C41H51N7O4/c1-44(2)23-24-45(3)17-6-9-38(49)47-21-14-37-35(27-47)31-11-10-29(25-33(31)41(52)43-37)28-12-18-46(19-13-28)20-16-39(50)48-22-15-36-34(26-48)30-7-4-5-8-32(30)40(51)42-36/h4-5,7-8,10-12,25H,6,9,13-24,26-27H2,1-3H3,(H,42,51)(H,43,52). The number of rotatable bonds is 11. The molecule has 3 aliphatic heterocycles. The van der Waals surface area contributed by atoms with Crippen LogP contribution >= 0.6 is 0 Å². The first kappa shape index (κ1) is 35.8. The van der Waals surface area contributed by atoms with Crippen molar-refractivity contribution in [2.75, 3.05) is 73.5 Å². The van der Waals surface area contributed by atoms with E-state index in [0.717, 1.165) is 84.4 Å². The lowest BCUT2D eigenvalue weighted by atomic mass is 9.93. The van der Waals surface area contributed by atoms with Crippen molar-refractivity contribution in [3.63, 3.8) is 0 Å². The van der Waals surface area contributed by atoms with Crippen LogP contribution in [0.4, 0.5) is 0 Å². The molecule has 11 heteroatoms. The van der Waals surface area contributed by atoms with Crippen molar-refractivity contribution in [2.45, 2.75) is 51.6 Å². The Morgan fingerprint density at radius 1 is 0.712 bits per heavy atom. The lowest BCUT2D eigenvalue weighted by Gasteiger charge is -2.31. The molecule has 4 aromatic rings. The highest BCUT2D eigenvalue weighted by Crippen LogP contribution is 2.30. The van der Waals surface area contributed by atoms with E-state index in [2.05, 4.69) is 64.0 Å². The first-order chi connectivity index (χ1) is 25.1. The van der Waals surface area contributed by atoms with Crippen LogP contribution in [0.25, 0.3) is 27.1 Å². The largest absolute Gasteiger partial charge is 0.338 e. The molecule has 274 valence electrons. The highest BCUT2D eigenvalue weighted by Gasteiger charge is 2.26. The first-order valence-corrected chi connectivity index (χ1v) is 18.8. The van der Waals surface area contributed by atoms with E-state index >= 15 is 0 Å². The van der Waals surface area contributed by atoms with Gasteiger partial charge in [-0.1, -0.05) is 36.4 Å². The molecule has 0 radical (unpaired) electrons. The Morgan fingerprint density at radius 2 is 1.35 bits per heavy atom. The van der Waals surface area contributed by atoms with Crippen molar-refractivity contribution < 1.29 is 9.59 Å². The summed E-state index contributed by atoms with van der Waals surface area (Å²) in [6.45, 7) is 7.42. The summed E-state index contributed by atoms with van der Waals surface area (Å²) in [6.07, 6.45) is 6.18. The first-order valence-electron chi connectivity index (χ1n) is 18.8. The molecule has 0 saturated heterocycles. The van der Waals surface area contributed by atoms with E-state index in [4.69, 9.17) is 0 Å². The fourth-order valence-corrected chi connectivity index (χ4v) is 8.00. The summed E-state index contributed by atoms with van der Waals surface area (Å²) in [6, 6.07) is 13.8. The van der Waals surface area contributed by atoms with Gasteiger partial charge in [-0.2, -0.15) is 0 Å². The second-order valence-corrected chi connectivity index (χ2v) is 15.0. The maximum Gasteiger partial charge on any atom is 0.256 e. The smallest absolute Gasteiger partial charge is 0.256 e. The van der Waals surface area contributed by atoms with Gasteiger partial charge in [-0.15, -0.1) is 0 Å². The maximum absolute atomic E-state index is 13.3. The van der Waals surface area contributed by atoms with Gasteiger partial charge in [0, 0.05) is 107 Å². The minimum atomic E-state index is -0.0765. The van der Waals surface area contributed by atoms with Crippen molar-refractivity contribution in [2.24, 2.45) is 0 Å². The van der Waals surface area contributed by atoms with Gasteiger partial charge in [0.1, 0.15) is 0 Å². The zero-order valence-corrected chi connectivity index (χ0v) is 30.8. The van der Waals surface area contributed by atoms with Gasteiger partial charge in [0.15, 0.2) is 0 Å². The van der Waals surface area contributed by atoms with Crippen molar-refractivity contribution in [1.82, 2.24) is 34.5 Å². The Bertz CT molecular complexity index is 2130. The molecule has 0 atom stereocenters. The van der Waals surface area contributed by atoms with Crippen LogP contribution in [-0.4, -0.2) is 120 Å². The summed E-state index contributed by atoms with van der Waals surface area (Å²) in [5, 5.41) is 3.20. The molecule has 0 spiro atoms. The summed E-state index contributed by atoms with van der Waals surface area (Å²) in [4.78, 5) is 69.1. The minimum absolute atomic E-state index is 0.0677. The summed E-state index contributed by atoms with van der Waals surface area (Å²) in [5.74, 6) is 0.310. The number of hydrogen-bond donors (Lipinski definition) is 2. The van der Waals surface area contributed by atoms with Gasteiger partial charge in [-0.3, -0.25) is 24.1 Å². The van der Waals surface area contributed by atoms with Crippen LogP contribution in [0.15, 0.2) is 58.1 Å². The molecular formula is C41H51N7O4. The van der Waals surface area contributed by atoms with E-state index in [1.54, 1.807) is 0 Å². The number of likely N-dealkylation sites (N-methyl/N-ethyl adjacent to an activating group) is 2. The molecule has 2 aromatic heterocycles. The zero-order valence-electron chi connectivity index (χ0n) is 30.8. The van der Waals surface area contributed by atoms with E-state index in [1.165, 1.54) is 5.57 Å². The van der Waals surface area contributed by atoms with E-state index in [1.807, 2.05) is 40.1 Å². The third kappa shape index (κ3) is 7.77. The number of pyridine rings is 2. The van der Waals surface area contributed by atoms with Gasteiger partial charge >= 0.3 is 0 Å². The van der Waals surface area contributed by atoms with Crippen molar-refractivity contribution in [3.05, 3.63) is 97.3 Å². The predicted octanol–water partition coefficient (Wildman–Crippen LogP) is 3.59. The third-order valence-electron chi connectivity index (χ3n) is 11.2. The molecule has 2 amide bonds. The molecule has 0 saturated carbocycles. The van der Waals surface area contributed by atoms with Crippen LogP contribution in [-0.2, 0) is 35.5 Å². The fourth-order valence-electron chi connectivity index (χ4n) is 8.00. The molecule has 2 aromatic carbocycles. The maximum atomic E-state index is 13.3. The molecule has 52 heavy (non-hydrogen) atoms. The van der Waals surface area contributed by atoms with Crippen LogP contribution in [0, 0.1) is 0 Å².